The molecule has 1 saturated heterocycles. The lowest BCUT2D eigenvalue weighted by atomic mass is 9.63. The number of anilines is 1. The van der Waals surface area contributed by atoms with Crippen LogP contribution in [0.25, 0.3) is 0 Å². The first kappa shape index (κ1) is 13.0. The Morgan fingerprint density at radius 2 is 1.48 bits per heavy atom. The van der Waals surface area contributed by atoms with Crippen LogP contribution in [0.5, 0.6) is 0 Å². The summed E-state index contributed by atoms with van der Waals surface area (Å²) in [6.07, 6.45) is 5.39. The summed E-state index contributed by atoms with van der Waals surface area (Å²) in [6.45, 7) is 0. The maximum atomic E-state index is 12.9. The average molecular weight is 310 g/mol. The first-order valence-corrected chi connectivity index (χ1v) is 7.88. The van der Waals surface area contributed by atoms with Gasteiger partial charge >= 0.3 is 0 Å². The van der Waals surface area contributed by atoms with Crippen molar-refractivity contribution in [3.63, 3.8) is 0 Å². The van der Waals surface area contributed by atoms with E-state index in [4.69, 9.17) is 0 Å². The van der Waals surface area contributed by atoms with E-state index in [1.54, 1.807) is 0 Å². The predicted molar refractivity (Wildman–Crippen MR) is 80.3 cm³/mol. The van der Waals surface area contributed by atoms with Crippen LogP contribution in [0.1, 0.15) is 6.42 Å². The van der Waals surface area contributed by atoms with Crippen LogP contribution in [0.2, 0.25) is 0 Å². The number of imide groups is 1. The monoisotopic (exact) mass is 310 g/mol. The number of amides is 2. The lowest BCUT2D eigenvalue weighted by Gasteiger charge is -2.37. The summed E-state index contributed by atoms with van der Waals surface area (Å²) in [5.74, 6) is 0.758. The number of non-ortho nitro benzene ring substituents is 1. The minimum atomic E-state index is -0.491. The summed E-state index contributed by atoms with van der Waals surface area (Å²) in [5, 5.41) is 10.8. The maximum Gasteiger partial charge on any atom is 0.269 e. The number of carbonyl (C=O) groups is 2. The second kappa shape index (κ2) is 4.07. The van der Waals surface area contributed by atoms with E-state index in [0.29, 0.717) is 17.5 Å². The van der Waals surface area contributed by atoms with E-state index in [9.17, 15) is 19.7 Å². The minimum absolute atomic E-state index is 0.0479. The molecule has 1 aromatic rings. The van der Waals surface area contributed by atoms with Crippen LogP contribution in [0.4, 0.5) is 11.4 Å². The molecule has 4 aliphatic carbocycles. The second-order valence-electron chi connectivity index (χ2n) is 6.94. The zero-order valence-corrected chi connectivity index (χ0v) is 12.2. The number of carbonyl (C=O) groups excluding carboxylic acids is 2. The number of allylic oxidation sites excluding steroid dienone is 2. The molecule has 6 heteroatoms. The molecule has 0 N–H and O–H groups in total. The molecule has 6 nitrogen and oxygen atoms in total. The first-order chi connectivity index (χ1) is 11.1. The molecule has 6 rings (SSSR count). The van der Waals surface area contributed by atoms with Gasteiger partial charge in [-0.25, -0.2) is 0 Å². The Kier molecular flexibility index (Phi) is 2.30. The molecular formula is C17H14N2O4. The lowest BCUT2D eigenvalue weighted by Crippen LogP contribution is -2.40. The highest BCUT2D eigenvalue weighted by Crippen LogP contribution is 2.65. The Morgan fingerprint density at radius 3 is 1.96 bits per heavy atom. The molecule has 1 aliphatic heterocycles. The van der Waals surface area contributed by atoms with Crippen molar-refractivity contribution in [3.05, 3.63) is 46.5 Å². The van der Waals surface area contributed by atoms with Gasteiger partial charge in [0, 0.05) is 12.1 Å². The topological polar surface area (TPSA) is 80.5 Å². The molecule has 5 aliphatic rings. The van der Waals surface area contributed by atoms with Gasteiger partial charge in [0.25, 0.3) is 5.69 Å². The smallest absolute Gasteiger partial charge is 0.269 e. The number of benzene rings is 1. The fourth-order valence-corrected chi connectivity index (χ4v) is 4.93. The molecule has 0 unspecified atom stereocenters. The molecule has 23 heavy (non-hydrogen) atoms. The molecule has 0 spiro atoms. The molecular weight excluding hydrogens is 296 g/mol. The number of hydrogen-bond donors (Lipinski definition) is 0. The largest absolute Gasteiger partial charge is 0.274 e. The minimum Gasteiger partial charge on any atom is -0.274 e. The van der Waals surface area contributed by atoms with E-state index in [0.717, 1.165) is 6.42 Å². The Bertz CT molecular complexity index is 748. The number of nitro groups is 1. The molecule has 1 heterocycles. The van der Waals surface area contributed by atoms with E-state index < -0.39 is 4.92 Å². The Labute approximate surface area is 131 Å². The number of nitrogens with zero attached hydrogens (tertiary/aromatic N) is 2. The summed E-state index contributed by atoms with van der Waals surface area (Å²) in [6, 6.07) is 5.65. The van der Waals surface area contributed by atoms with Crippen molar-refractivity contribution >= 4 is 23.2 Å². The third-order valence-corrected chi connectivity index (χ3v) is 5.98. The zero-order valence-electron chi connectivity index (χ0n) is 12.2. The van der Waals surface area contributed by atoms with E-state index in [2.05, 4.69) is 12.2 Å². The molecule has 0 aromatic heterocycles. The third kappa shape index (κ3) is 1.53. The summed E-state index contributed by atoms with van der Waals surface area (Å²) >= 11 is 0. The van der Waals surface area contributed by atoms with Crippen LogP contribution in [-0.2, 0) is 9.59 Å². The van der Waals surface area contributed by atoms with E-state index in [1.807, 2.05) is 0 Å². The predicted octanol–water partition coefficient (Wildman–Crippen LogP) is 2.15. The average Bonchev–Trinajstić information content (AvgIpc) is 3.32. The van der Waals surface area contributed by atoms with Crippen LogP contribution in [-0.4, -0.2) is 16.7 Å². The van der Waals surface area contributed by atoms with Gasteiger partial charge in [-0.3, -0.25) is 24.6 Å². The van der Waals surface area contributed by atoms with Crippen LogP contribution >= 0.6 is 0 Å². The van der Waals surface area contributed by atoms with E-state index in [1.165, 1.54) is 29.2 Å². The highest BCUT2D eigenvalue weighted by atomic mass is 16.6. The quantitative estimate of drug-likeness (QED) is 0.363. The van der Waals surface area contributed by atoms with Gasteiger partial charge in [0.2, 0.25) is 11.8 Å². The maximum absolute atomic E-state index is 12.9. The van der Waals surface area contributed by atoms with Gasteiger partial charge in [0.05, 0.1) is 22.4 Å². The van der Waals surface area contributed by atoms with Crippen molar-refractivity contribution in [1.82, 2.24) is 0 Å². The Morgan fingerprint density at radius 1 is 0.957 bits per heavy atom. The van der Waals surface area contributed by atoms with Crippen molar-refractivity contribution in [3.8, 4) is 0 Å². The van der Waals surface area contributed by atoms with Crippen LogP contribution < -0.4 is 4.90 Å². The second-order valence-corrected chi connectivity index (χ2v) is 6.94. The normalized spacial score (nSPS) is 39.4. The van der Waals surface area contributed by atoms with Gasteiger partial charge in [0.15, 0.2) is 0 Å². The summed E-state index contributed by atoms with van der Waals surface area (Å²) in [4.78, 5) is 37.2. The summed E-state index contributed by atoms with van der Waals surface area (Å²) in [7, 11) is 0. The standard InChI is InChI=1S/C17H14N2O4/c20-16-14-10-5-6-11(13-7-12(10)13)15(14)17(21)18(16)8-1-3-9(4-2-8)19(22)23/h1-6,10-15H,7H2/t10-,11+,12-,13-,14+,15+/m1/s1. The van der Waals surface area contributed by atoms with Gasteiger partial charge in [-0.1, -0.05) is 12.2 Å². The molecule has 116 valence electrons. The molecule has 1 aromatic carbocycles. The van der Waals surface area contributed by atoms with Crippen LogP contribution in [0, 0.1) is 45.6 Å². The number of nitro benzene ring substituents is 1. The van der Waals surface area contributed by atoms with Crippen molar-refractivity contribution < 1.29 is 14.5 Å². The van der Waals surface area contributed by atoms with Crippen LogP contribution in [0.15, 0.2) is 36.4 Å². The molecule has 6 atom stereocenters. The molecule has 3 fully saturated rings. The lowest BCUT2D eigenvalue weighted by molar-refractivity contribution is -0.384. The SMILES string of the molecule is O=C1[C@H]2[C@@H]3C=C[C@@H]([C@H]4C[C@H]34)[C@@H]2C(=O)N1c1ccc([N+](=O)[O-])cc1. The van der Waals surface area contributed by atoms with Crippen molar-refractivity contribution in [2.24, 2.45) is 35.5 Å². The highest BCUT2D eigenvalue weighted by Gasteiger charge is 2.67. The third-order valence-electron chi connectivity index (χ3n) is 5.98. The van der Waals surface area contributed by atoms with Crippen molar-refractivity contribution in [1.29, 1.82) is 0 Å². The van der Waals surface area contributed by atoms with Crippen molar-refractivity contribution in [2.45, 2.75) is 6.42 Å². The van der Waals surface area contributed by atoms with E-state index >= 15 is 0 Å². The summed E-state index contributed by atoms with van der Waals surface area (Å²) < 4.78 is 0. The summed E-state index contributed by atoms with van der Waals surface area (Å²) in [5.41, 5.74) is 0.390. The van der Waals surface area contributed by atoms with Gasteiger partial charge in [-0.05, 0) is 42.2 Å². The molecule has 2 amide bonds. The number of hydrogen-bond acceptors (Lipinski definition) is 4. The molecule has 0 radical (unpaired) electrons. The molecule has 2 saturated carbocycles. The van der Waals surface area contributed by atoms with E-state index in [-0.39, 0.29) is 41.2 Å². The molecule has 2 bridgehead atoms. The number of rotatable bonds is 2. The van der Waals surface area contributed by atoms with Crippen molar-refractivity contribution in [2.75, 3.05) is 4.90 Å². The van der Waals surface area contributed by atoms with Gasteiger partial charge in [-0.2, -0.15) is 0 Å². The Hall–Kier alpha value is -2.50. The van der Waals surface area contributed by atoms with Gasteiger partial charge in [0.1, 0.15) is 0 Å². The van der Waals surface area contributed by atoms with Gasteiger partial charge < -0.3 is 0 Å². The fourth-order valence-electron chi connectivity index (χ4n) is 4.93. The Balaban J connectivity index is 1.53. The fraction of sp³-hybridized carbons (Fsp3) is 0.412. The first-order valence-electron chi connectivity index (χ1n) is 7.88. The zero-order chi connectivity index (χ0) is 15.9. The van der Waals surface area contributed by atoms with Gasteiger partial charge in [-0.15, -0.1) is 0 Å². The highest BCUT2D eigenvalue weighted by molar-refractivity contribution is 6.22. The van der Waals surface area contributed by atoms with Crippen LogP contribution in [0.3, 0.4) is 0 Å².